The Morgan fingerprint density at radius 1 is 1.18 bits per heavy atom. The number of thiophene rings is 1. The van der Waals surface area contributed by atoms with Gasteiger partial charge in [0, 0.05) is 13.6 Å². The molecular weight excluding hydrogens is 346 g/mol. The molecule has 5 nitrogen and oxygen atoms in total. The molecule has 2 heterocycles. The summed E-state index contributed by atoms with van der Waals surface area (Å²) in [4.78, 5) is 0. The van der Waals surface area contributed by atoms with Gasteiger partial charge in [-0.3, -0.25) is 0 Å². The summed E-state index contributed by atoms with van der Waals surface area (Å²) in [6.45, 7) is 1.27. The highest BCUT2D eigenvalue weighted by Crippen LogP contribution is 2.32. The van der Waals surface area contributed by atoms with E-state index in [-0.39, 0.29) is 10.8 Å². The molecule has 0 aliphatic carbocycles. The molecule has 8 heteroatoms. The molecule has 1 aliphatic heterocycles. The molecule has 22 heavy (non-hydrogen) atoms. The van der Waals surface area contributed by atoms with Crippen LogP contribution < -0.4 is 9.47 Å². The zero-order valence-corrected chi connectivity index (χ0v) is 14.2. The smallest absolute Gasteiger partial charge is 0.252 e. The van der Waals surface area contributed by atoms with Crippen LogP contribution in [0.2, 0.25) is 4.34 Å². The third-order valence-corrected chi connectivity index (χ3v) is 6.73. The van der Waals surface area contributed by atoms with Crippen LogP contribution in [0.3, 0.4) is 0 Å². The number of ether oxygens (including phenoxy) is 2. The highest BCUT2D eigenvalue weighted by Gasteiger charge is 2.23. The van der Waals surface area contributed by atoms with Crippen LogP contribution in [0.25, 0.3) is 0 Å². The molecule has 1 aliphatic rings. The maximum atomic E-state index is 12.5. The number of halogens is 1. The second-order valence-electron chi connectivity index (χ2n) is 4.80. The van der Waals surface area contributed by atoms with Gasteiger partial charge in [0.15, 0.2) is 11.5 Å². The van der Waals surface area contributed by atoms with Gasteiger partial charge in [-0.15, -0.1) is 11.3 Å². The van der Waals surface area contributed by atoms with Crippen LogP contribution in [0.15, 0.2) is 34.5 Å². The molecule has 0 atom stereocenters. The third-order valence-electron chi connectivity index (χ3n) is 3.22. The monoisotopic (exact) mass is 359 g/mol. The molecule has 0 saturated heterocycles. The van der Waals surface area contributed by atoms with Crippen LogP contribution >= 0.6 is 22.9 Å². The third kappa shape index (κ3) is 3.08. The van der Waals surface area contributed by atoms with E-state index < -0.39 is 10.0 Å². The van der Waals surface area contributed by atoms with Crippen LogP contribution in [0.4, 0.5) is 0 Å². The molecule has 0 radical (unpaired) electrons. The van der Waals surface area contributed by atoms with Crippen LogP contribution in [-0.4, -0.2) is 33.0 Å². The van der Waals surface area contributed by atoms with Crippen LogP contribution in [0.1, 0.15) is 5.56 Å². The van der Waals surface area contributed by atoms with Gasteiger partial charge >= 0.3 is 0 Å². The summed E-state index contributed by atoms with van der Waals surface area (Å²) in [6, 6.07) is 8.54. The van der Waals surface area contributed by atoms with E-state index in [0.29, 0.717) is 29.0 Å². The molecule has 3 rings (SSSR count). The predicted octanol–water partition coefficient (Wildman–Crippen LogP) is 2.99. The van der Waals surface area contributed by atoms with Crippen molar-refractivity contribution >= 4 is 33.0 Å². The summed E-state index contributed by atoms with van der Waals surface area (Å²) in [5.41, 5.74) is 0.831. The maximum absolute atomic E-state index is 12.5. The molecule has 0 bridgehead atoms. The Morgan fingerprint density at radius 2 is 1.91 bits per heavy atom. The van der Waals surface area contributed by atoms with Crippen molar-refractivity contribution in [3.63, 3.8) is 0 Å². The van der Waals surface area contributed by atoms with Gasteiger partial charge in [-0.05, 0) is 29.8 Å². The number of hydrogen-bond donors (Lipinski definition) is 0. The first kappa shape index (κ1) is 15.6. The Balaban J connectivity index is 1.80. The SMILES string of the molecule is CN(Cc1ccc2c(c1)OCCO2)S(=O)(=O)c1ccc(Cl)s1. The Labute approximate surface area is 138 Å². The molecule has 0 spiro atoms. The van der Waals surface area contributed by atoms with Gasteiger partial charge in [-0.2, -0.15) is 4.31 Å². The fraction of sp³-hybridized carbons (Fsp3) is 0.286. The van der Waals surface area contributed by atoms with Crippen LogP contribution in [-0.2, 0) is 16.6 Å². The second-order valence-corrected chi connectivity index (χ2v) is 8.78. The van der Waals surface area contributed by atoms with Gasteiger partial charge in [0.05, 0.1) is 4.34 Å². The van der Waals surface area contributed by atoms with Gasteiger partial charge in [0.2, 0.25) is 0 Å². The van der Waals surface area contributed by atoms with E-state index in [0.717, 1.165) is 16.9 Å². The molecule has 0 saturated carbocycles. The fourth-order valence-electron chi connectivity index (χ4n) is 2.12. The number of sulfonamides is 1. The quantitative estimate of drug-likeness (QED) is 0.842. The lowest BCUT2D eigenvalue weighted by Gasteiger charge is -2.20. The topological polar surface area (TPSA) is 55.8 Å². The zero-order valence-electron chi connectivity index (χ0n) is 11.8. The Bertz CT molecular complexity index is 788. The van der Waals surface area contributed by atoms with Gasteiger partial charge in [0.1, 0.15) is 17.4 Å². The van der Waals surface area contributed by atoms with Crippen molar-refractivity contribution in [1.29, 1.82) is 0 Å². The largest absolute Gasteiger partial charge is 0.486 e. The molecule has 0 fully saturated rings. The van der Waals surface area contributed by atoms with Crippen molar-refractivity contribution in [1.82, 2.24) is 4.31 Å². The number of rotatable bonds is 4. The van der Waals surface area contributed by atoms with E-state index >= 15 is 0 Å². The average Bonchev–Trinajstić information content (AvgIpc) is 2.94. The normalized spacial score (nSPS) is 14.3. The highest BCUT2D eigenvalue weighted by molar-refractivity contribution is 7.91. The van der Waals surface area contributed by atoms with E-state index in [1.807, 2.05) is 12.1 Å². The summed E-state index contributed by atoms with van der Waals surface area (Å²) < 4.78 is 37.9. The number of fused-ring (bicyclic) bond motifs is 1. The minimum absolute atomic E-state index is 0.234. The molecule has 1 aromatic heterocycles. The second kappa shape index (κ2) is 6.08. The molecule has 0 N–H and O–H groups in total. The lowest BCUT2D eigenvalue weighted by Crippen LogP contribution is -2.26. The first-order valence-electron chi connectivity index (χ1n) is 6.57. The summed E-state index contributed by atoms with van der Waals surface area (Å²) in [7, 11) is -2.00. The predicted molar refractivity (Wildman–Crippen MR) is 85.4 cm³/mol. The molecule has 0 amide bonds. The van der Waals surface area contributed by atoms with Crippen molar-refractivity contribution in [2.24, 2.45) is 0 Å². The van der Waals surface area contributed by atoms with Crippen molar-refractivity contribution < 1.29 is 17.9 Å². The average molecular weight is 360 g/mol. The minimum Gasteiger partial charge on any atom is -0.486 e. The Morgan fingerprint density at radius 3 is 2.59 bits per heavy atom. The van der Waals surface area contributed by atoms with Gasteiger partial charge in [-0.25, -0.2) is 8.42 Å². The summed E-state index contributed by atoms with van der Waals surface area (Å²) in [5.74, 6) is 1.33. The van der Waals surface area contributed by atoms with Crippen molar-refractivity contribution in [3.8, 4) is 11.5 Å². The van der Waals surface area contributed by atoms with Crippen LogP contribution in [0.5, 0.6) is 11.5 Å². The first-order valence-corrected chi connectivity index (χ1v) is 9.20. The summed E-state index contributed by atoms with van der Waals surface area (Å²) >= 11 is 6.86. The van der Waals surface area contributed by atoms with Crippen molar-refractivity contribution in [2.75, 3.05) is 20.3 Å². The van der Waals surface area contributed by atoms with Gasteiger partial charge in [-0.1, -0.05) is 17.7 Å². The van der Waals surface area contributed by atoms with Crippen molar-refractivity contribution in [3.05, 3.63) is 40.2 Å². The maximum Gasteiger partial charge on any atom is 0.252 e. The van der Waals surface area contributed by atoms with E-state index in [1.54, 1.807) is 19.2 Å². The Hall–Kier alpha value is -1.28. The first-order chi connectivity index (χ1) is 10.5. The summed E-state index contributed by atoms with van der Waals surface area (Å²) in [5, 5.41) is 0. The van der Waals surface area contributed by atoms with E-state index in [4.69, 9.17) is 21.1 Å². The number of hydrogen-bond acceptors (Lipinski definition) is 5. The number of nitrogens with zero attached hydrogens (tertiary/aromatic N) is 1. The lowest BCUT2D eigenvalue weighted by atomic mass is 10.2. The molecular formula is C14H14ClNO4S2. The lowest BCUT2D eigenvalue weighted by molar-refractivity contribution is 0.171. The molecule has 0 unspecified atom stereocenters. The number of benzene rings is 1. The van der Waals surface area contributed by atoms with Gasteiger partial charge < -0.3 is 9.47 Å². The van der Waals surface area contributed by atoms with E-state index in [9.17, 15) is 8.42 Å². The van der Waals surface area contributed by atoms with Gasteiger partial charge in [0.25, 0.3) is 10.0 Å². The fourth-order valence-corrected chi connectivity index (χ4v) is 4.97. The van der Waals surface area contributed by atoms with Crippen LogP contribution in [0, 0.1) is 0 Å². The Kier molecular flexibility index (Phi) is 4.31. The standard InChI is InChI=1S/C14H14ClNO4S2/c1-16(22(17,18)14-5-4-13(15)21-14)9-10-2-3-11-12(8-10)20-7-6-19-11/h2-5,8H,6-7,9H2,1H3. The van der Waals surface area contributed by atoms with Crippen molar-refractivity contribution in [2.45, 2.75) is 10.8 Å². The summed E-state index contributed by atoms with van der Waals surface area (Å²) in [6.07, 6.45) is 0. The molecule has 2 aromatic rings. The zero-order chi connectivity index (χ0) is 15.7. The molecule has 1 aromatic carbocycles. The minimum atomic E-state index is -3.54. The van der Waals surface area contributed by atoms with E-state index in [1.165, 1.54) is 10.4 Å². The molecule has 118 valence electrons. The van der Waals surface area contributed by atoms with E-state index in [2.05, 4.69) is 0 Å². The highest BCUT2D eigenvalue weighted by atomic mass is 35.5.